The Bertz CT molecular complexity index is 571. The zero-order chi connectivity index (χ0) is 20.0. The fourth-order valence-electron chi connectivity index (χ4n) is 3.55. The highest BCUT2D eigenvalue weighted by Gasteiger charge is 2.23. The fraction of sp³-hybridized carbons (Fsp3) is 0.850. The molecule has 2 rings (SSSR count). The van der Waals surface area contributed by atoms with E-state index in [0.717, 1.165) is 68.9 Å². The number of unbranched alkanes of at least 4 members (excludes halogenated alkanes) is 1. The van der Waals surface area contributed by atoms with E-state index >= 15 is 0 Å². The molecule has 1 aliphatic carbocycles. The van der Waals surface area contributed by atoms with Crippen LogP contribution in [0.25, 0.3) is 0 Å². The lowest BCUT2D eigenvalue weighted by molar-refractivity contribution is 0.129. The summed E-state index contributed by atoms with van der Waals surface area (Å²) in [4.78, 5) is 4.29. The molecule has 1 fully saturated rings. The number of guanidine groups is 1. The first-order valence-corrected chi connectivity index (χ1v) is 12.0. The third-order valence-electron chi connectivity index (χ3n) is 5.10. The van der Waals surface area contributed by atoms with Gasteiger partial charge >= 0.3 is 0 Å². The third-order valence-corrected chi connectivity index (χ3v) is 5.74. The average molecular weight is 411 g/mol. The molecule has 2 N–H and O–H groups in total. The van der Waals surface area contributed by atoms with E-state index in [2.05, 4.69) is 43.6 Å². The van der Waals surface area contributed by atoms with Crippen LogP contribution < -0.4 is 10.6 Å². The molecule has 1 saturated carbocycles. The van der Waals surface area contributed by atoms with Gasteiger partial charge in [-0.05, 0) is 38.4 Å². The normalized spacial score (nSPS) is 15.3. The van der Waals surface area contributed by atoms with Gasteiger partial charge in [0.05, 0.1) is 0 Å². The number of hydrogen-bond donors (Lipinski definition) is 2. The number of aromatic nitrogens is 3. The summed E-state index contributed by atoms with van der Waals surface area (Å²) in [6.07, 6.45) is 12.5. The van der Waals surface area contributed by atoms with Crippen LogP contribution in [0.4, 0.5) is 0 Å². The summed E-state index contributed by atoms with van der Waals surface area (Å²) in [7, 11) is 1.81. The van der Waals surface area contributed by atoms with Gasteiger partial charge < -0.3 is 19.9 Å². The highest BCUT2D eigenvalue weighted by Crippen LogP contribution is 2.33. The first kappa shape index (κ1) is 23.0. The summed E-state index contributed by atoms with van der Waals surface area (Å²) >= 11 is 1.70. The monoisotopic (exact) mass is 410 g/mol. The standard InChI is InChI=1S/C20H38N6OS/c1-4-5-15-27-16-9-14-23-19(21-2)22-13-8-12-18-24-25-20(28-3)26(18)17-10-6-7-11-17/h17H,4-16H2,1-3H3,(H2,21,22,23). The van der Waals surface area contributed by atoms with E-state index in [1.807, 2.05) is 7.05 Å². The minimum absolute atomic E-state index is 0.592. The molecule has 28 heavy (non-hydrogen) atoms. The van der Waals surface area contributed by atoms with E-state index < -0.39 is 0 Å². The molecule has 0 aliphatic heterocycles. The molecule has 8 heteroatoms. The second-order valence-electron chi connectivity index (χ2n) is 7.26. The van der Waals surface area contributed by atoms with Gasteiger partial charge in [-0.1, -0.05) is 37.9 Å². The Labute approximate surface area is 174 Å². The smallest absolute Gasteiger partial charge is 0.191 e. The maximum absolute atomic E-state index is 5.58. The number of thioether (sulfide) groups is 1. The number of aliphatic imine (C=N–C) groups is 1. The summed E-state index contributed by atoms with van der Waals surface area (Å²) in [5.74, 6) is 1.99. The van der Waals surface area contributed by atoms with Gasteiger partial charge in [0.2, 0.25) is 0 Å². The second kappa shape index (κ2) is 13.8. The van der Waals surface area contributed by atoms with Gasteiger partial charge in [-0.15, -0.1) is 10.2 Å². The maximum atomic E-state index is 5.58. The predicted molar refractivity (Wildman–Crippen MR) is 117 cm³/mol. The minimum Gasteiger partial charge on any atom is -0.381 e. The number of nitrogens with one attached hydrogen (secondary N) is 2. The van der Waals surface area contributed by atoms with Crippen LogP contribution >= 0.6 is 11.8 Å². The van der Waals surface area contributed by atoms with Gasteiger partial charge in [-0.2, -0.15) is 0 Å². The molecule has 0 amide bonds. The molecule has 0 aromatic carbocycles. The number of aryl methyl sites for hydroxylation is 1. The van der Waals surface area contributed by atoms with Crippen molar-refractivity contribution >= 4 is 17.7 Å². The molecule has 1 heterocycles. The van der Waals surface area contributed by atoms with Crippen molar-refractivity contribution in [1.29, 1.82) is 0 Å². The van der Waals surface area contributed by atoms with Gasteiger partial charge in [-0.25, -0.2) is 0 Å². The van der Waals surface area contributed by atoms with Crippen LogP contribution in [0, 0.1) is 0 Å². The van der Waals surface area contributed by atoms with Gasteiger partial charge in [0.1, 0.15) is 5.82 Å². The van der Waals surface area contributed by atoms with Crippen LogP contribution in [0.3, 0.4) is 0 Å². The highest BCUT2D eigenvalue weighted by molar-refractivity contribution is 7.98. The molecule has 1 aliphatic rings. The first-order chi connectivity index (χ1) is 13.8. The van der Waals surface area contributed by atoms with Crippen molar-refractivity contribution in [2.75, 3.05) is 39.6 Å². The Morgan fingerprint density at radius 2 is 1.86 bits per heavy atom. The lowest BCUT2D eigenvalue weighted by atomic mass is 10.2. The van der Waals surface area contributed by atoms with E-state index in [4.69, 9.17) is 4.74 Å². The third kappa shape index (κ3) is 7.62. The lowest BCUT2D eigenvalue weighted by Gasteiger charge is -2.16. The Hall–Kier alpha value is -1.28. The quantitative estimate of drug-likeness (QED) is 0.225. The fourth-order valence-corrected chi connectivity index (χ4v) is 4.12. The van der Waals surface area contributed by atoms with Crippen LogP contribution in [-0.2, 0) is 11.2 Å². The number of rotatable bonds is 13. The van der Waals surface area contributed by atoms with Crippen molar-refractivity contribution in [2.24, 2.45) is 4.99 Å². The molecule has 160 valence electrons. The number of nitrogens with zero attached hydrogens (tertiary/aromatic N) is 4. The van der Waals surface area contributed by atoms with Crippen molar-refractivity contribution in [3.63, 3.8) is 0 Å². The van der Waals surface area contributed by atoms with Crippen molar-refractivity contribution < 1.29 is 4.74 Å². The maximum Gasteiger partial charge on any atom is 0.191 e. The number of hydrogen-bond acceptors (Lipinski definition) is 5. The average Bonchev–Trinajstić information content (AvgIpc) is 3.37. The Morgan fingerprint density at radius 3 is 2.54 bits per heavy atom. The van der Waals surface area contributed by atoms with Crippen molar-refractivity contribution in [3.8, 4) is 0 Å². The molecule has 7 nitrogen and oxygen atoms in total. The zero-order valence-corrected chi connectivity index (χ0v) is 18.7. The molecule has 0 unspecified atom stereocenters. The van der Waals surface area contributed by atoms with Crippen LogP contribution in [0.5, 0.6) is 0 Å². The van der Waals surface area contributed by atoms with Crippen LogP contribution in [-0.4, -0.2) is 60.3 Å². The van der Waals surface area contributed by atoms with E-state index in [0.29, 0.717) is 6.04 Å². The molecule has 0 atom stereocenters. The van der Waals surface area contributed by atoms with E-state index in [1.165, 1.54) is 32.1 Å². The van der Waals surface area contributed by atoms with Crippen molar-refractivity contribution in [1.82, 2.24) is 25.4 Å². The Morgan fingerprint density at radius 1 is 1.14 bits per heavy atom. The topological polar surface area (TPSA) is 76.4 Å². The highest BCUT2D eigenvalue weighted by atomic mass is 32.2. The van der Waals surface area contributed by atoms with Gasteiger partial charge in [-0.3, -0.25) is 4.99 Å². The molecular weight excluding hydrogens is 372 g/mol. The summed E-state index contributed by atoms with van der Waals surface area (Å²) in [6.45, 7) is 5.60. The SMILES string of the molecule is CCCCOCCCNC(=NC)NCCCc1nnc(SC)n1C1CCCC1. The second-order valence-corrected chi connectivity index (χ2v) is 8.03. The number of ether oxygens (including phenoxy) is 1. The first-order valence-electron chi connectivity index (χ1n) is 10.8. The van der Waals surface area contributed by atoms with E-state index in [-0.39, 0.29) is 0 Å². The predicted octanol–water partition coefficient (Wildman–Crippen LogP) is 3.42. The largest absolute Gasteiger partial charge is 0.381 e. The van der Waals surface area contributed by atoms with Crippen LogP contribution in [0.15, 0.2) is 10.1 Å². The summed E-state index contributed by atoms with van der Waals surface area (Å²) in [5, 5.41) is 16.7. The van der Waals surface area contributed by atoms with Crippen LogP contribution in [0.2, 0.25) is 0 Å². The van der Waals surface area contributed by atoms with Gasteiger partial charge in [0, 0.05) is 45.8 Å². The van der Waals surface area contributed by atoms with Crippen molar-refractivity contribution in [2.45, 2.75) is 75.9 Å². The molecule has 0 saturated heterocycles. The molecule has 0 spiro atoms. The molecule has 1 aromatic rings. The summed E-state index contributed by atoms with van der Waals surface area (Å²) in [5.41, 5.74) is 0. The molecule has 0 bridgehead atoms. The van der Waals surface area contributed by atoms with Crippen molar-refractivity contribution in [3.05, 3.63) is 5.82 Å². The van der Waals surface area contributed by atoms with Gasteiger partial charge in [0.25, 0.3) is 0 Å². The Kier molecular flexibility index (Phi) is 11.4. The van der Waals surface area contributed by atoms with Crippen LogP contribution in [0.1, 0.15) is 70.2 Å². The lowest BCUT2D eigenvalue weighted by Crippen LogP contribution is -2.38. The molecular formula is C20H38N6OS. The minimum atomic E-state index is 0.592. The zero-order valence-electron chi connectivity index (χ0n) is 17.9. The van der Waals surface area contributed by atoms with Gasteiger partial charge in [0.15, 0.2) is 11.1 Å². The summed E-state index contributed by atoms with van der Waals surface area (Å²) in [6, 6.07) is 0.592. The van der Waals surface area contributed by atoms with E-state index in [9.17, 15) is 0 Å². The summed E-state index contributed by atoms with van der Waals surface area (Å²) < 4.78 is 7.98. The Balaban J connectivity index is 1.65. The molecule has 1 aromatic heterocycles. The van der Waals surface area contributed by atoms with E-state index in [1.54, 1.807) is 11.8 Å². The molecule has 0 radical (unpaired) electrons.